The molecular weight excluding hydrogens is 640 g/mol. The fourth-order valence-electron chi connectivity index (χ4n) is 7.54. The SMILES string of the molecule is CS(=O)N1CCc2c(c(-c3ccc(Cl)c(-c4cccc(C(=O)NCCNc5cccc6c5CCC6)c4)c3)nn2CCCN2CCCC2)C1. The summed E-state index contributed by atoms with van der Waals surface area (Å²) in [5, 5.41) is 12.4. The summed E-state index contributed by atoms with van der Waals surface area (Å²) in [6.45, 7) is 6.91. The molecule has 48 heavy (non-hydrogen) atoms. The number of hydrogen-bond donors (Lipinski definition) is 2. The van der Waals surface area contributed by atoms with Crippen molar-refractivity contribution in [1.29, 1.82) is 0 Å². The van der Waals surface area contributed by atoms with Crippen molar-refractivity contribution in [2.24, 2.45) is 0 Å². The average Bonchev–Trinajstić information content (AvgIpc) is 3.88. The molecule has 1 fully saturated rings. The normalized spacial score (nSPS) is 16.9. The summed E-state index contributed by atoms with van der Waals surface area (Å²) in [5.74, 6) is -0.112. The van der Waals surface area contributed by atoms with Gasteiger partial charge in [0, 0.05) is 84.1 Å². The van der Waals surface area contributed by atoms with Crippen LogP contribution in [0.5, 0.6) is 0 Å². The Kier molecular flexibility index (Phi) is 10.3. The minimum absolute atomic E-state index is 0.112. The number of aryl methyl sites for hydroxylation is 2. The Morgan fingerprint density at radius 2 is 1.75 bits per heavy atom. The number of nitrogens with one attached hydrogen (secondary N) is 2. The molecule has 8 nitrogen and oxygen atoms in total. The van der Waals surface area contributed by atoms with Crippen LogP contribution in [-0.4, -0.2) is 74.6 Å². The number of rotatable bonds is 12. The number of carbonyl (C=O) groups is 1. The predicted octanol–water partition coefficient (Wildman–Crippen LogP) is 6.34. The van der Waals surface area contributed by atoms with E-state index >= 15 is 0 Å². The predicted molar refractivity (Wildman–Crippen MR) is 196 cm³/mol. The number of aromatic nitrogens is 2. The van der Waals surface area contributed by atoms with Crippen molar-refractivity contribution in [3.63, 3.8) is 0 Å². The first-order valence-corrected chi connectivity index (χ1v) is 19.3. The lowest BCUT2D eigenvalue weighted by molar-refractivity contribution is 0.0955. The average molecular weight is 685 g/mol. The topological polar surface area (TPSA) is 82.5 Å². The quantitative estimate of drug-likeness (QED) is 0.170. The van der Waals surface area contributed by atoms with Gasteiger partial charge in [-0.3, -0.25) is 9.48 Å². The van der Waals surface area contributed by atoms with Crippen LogP contribution < -0.4 is 10.6 Å². The maximum Gasteiger partial charge on any atom is 0.251 e. The fourth-order valence-corrected chi connectivity index (χ4v) is 8.42. The van der Waals surface area contributed by atoms with Crippen LogP contribution >= 0.6 is 11.6 Å². The standard InChI is InChI=1S/C38H45ClN6O2S/c1-48(47)44-23-16-36-33(26-44)37(42-45(36)22-7-21-43-19-2-3-20-43)29-14-15-34(39)32(25-29)28-10-4-11-30(24-28)38(46)41-18-17-40-35-13-6-9-27-8-5-12-31(27)35/h4,6,9-11,13-15,24-25,40H,2-3,5,7-8,12,16-23,26H2,1H3,(H,41,46). The van der Waals surface area contributed by atoms with Crippen molar-refractivity contribution >= 4 is 34.2 Å². The number of fused-ring (bicyclic) bond motifs is 2. The first-order chi connectivity index (χ1) is 23.4. The fraction of sp³-hybridized carbons (Fsp3) is 0.421. The van der Waals surface area contributed by atoms with Gasteiger partial charge in [-0.2, -0.15) is 5.10 Å². The number of hydrogen-bond acceptors (Lipinski definition) is 5. The highest BCUT2D eigenvalue weighted by atomic mass is 35.5. The molecule has 0 bridgehead atoms. The van der Waals surface area contributed by atoms with Crippen molar-refractivity contribution in [2.75, 3.05) is 50.8 Å². The van der Waals surface area contributed by atoms with E-state index < -0.39 is 11.0 Å². The molecule has 7 rings (SSSR count). The zero-order chi connectivity index (χ0) is 33.0. The van der Waals surface area contributed by atoms with E-state index in [1.807, 2.05) is 40.7 Å². The molecule has 1 aromatic heterocycles. The van der Waals surface area contributed by atoms with Crippen molar-refractivity contribution in [3.05, 3.63) is 93.6 Å². The van der Waals surface area contributed by atoms with Crippen LogP contribution in [0.15, 0.2) is 60.7 Å². The highest BCUT2D eigenvalue weighted by Crippen LogP contribution is 2.36. The summed E-state index contributed by atoms with van der Waals surface area (Å²) in [6.07, 6.45) is 9.69. The van der Waals surface area contributed by atoms with Crippen molar-refractivity contribution in [2.45, 2.75) is 58.0 Å². The third-order valence-corrected chi connectivity index (χ3v) is 11.4. The molecule has 0 spiro atoms. The molecule has 0 radical (unpaired) electrons. The molecule has 2 N–H and O–H groups in total. The Labute approximate surface area is 291 Å². The molecular formula is C38H45ClN6O2S. The van der Waals surface area contributed by atoms with Gasteiger partial charge in [0.15, 0.2) is 0 Å². The van der Waals surface area contributed by atoms with Gasteiger partial charge >= 0.3 is 0 Å². The van der Waals surface area contributed by atoms with E-state index in [1.165, 1.54) is 54.9 Å². The second kappa shape index (κ2) is 14.9. The number of anilines is 1. The van der Waals surface area contributed by atoms with Crippen molar-refractivity contribution in [1.82, 2.24) is 24.3 Å². The molecule has 2 aliphatic heterocycles. The number of likely N-dealkylation sites (tertiary alicyclic amines) is 1. The maximum atomic E-state index is 13.2. The highest BCUT2D eigenvalue weighted by molar-refractivity contribution is 7.81. The lowest BCUT2D eigenvalue weighted by Gasteiger charge is -2.25. The monoisotopic (exact) mass is 684 g/mol. The molecule has 3 aliphatic rings. The Balaban J connectivity index is 1.07. The van der Waals surface area contributed by atoms with E-state index in [2.05, 4.69) is 44.5 Å². The lowest BCUT2D eigenvalue weighted by atomic mass is 9.97. The second-order valence-corrected chi connectivity index (χ2v) is 15.0. The van der Waals surface area contributed by atoms with E-state index in [0.29, 0.717) is 30.2 Å². The van der Waals surface area contributed by atoms with E-state index in [-0.39, 0.29) is 5.91 Å². The number of nitrogens with zero attached hydrogens (tertiary/aromatic N) is 4. The molecule has 252 valence electrons. The number of amides is 1. The maximum absolute atomic E-state index is 13.2. The Morgan fingerprint density at radius 3 is 2.60 bits per heavy atom. The van der Waals surface area contributed by atoms with Gasteiger partial charge in [-0.05, 0) is 105 Å². The molecule has 3 aromatic carbocycles. The third kappa shape index (κ3) is 7.25. The first-order valence-electron chi connectivity index (χ1n) is 17.4. The molecule has 0 saturated carbocycles. The molecule has 1 unspecified atom stereocenters. The van der Waals surface area contributed by atoms with Crippen LogP contribution in [0, 0.1) is 0 Å². The lowest BCUT2D eigenvalue weighted by Crippen LogP contribution is -2.32. The number of halogens is 1. The zero-order valence-corrected chi connectivity index (χ0v) is 29.3. The molecule has 3 heterocycles. The largest absolute Gasteiger partial charge is 0.383 e. The summed E-state index contributed by atoms with van der Waals surface area (Å²) in [4.78, 5) is 15.7. The molecule has 1 aliphatic carbocycles. The zero-order valence-electron chi connectivity index (χ0n) is 27.8. The van der Waals surface area contributed by atoms with Gasteiger partial charge < -0.3 is 15.5 Å². The Bertz CT molecular complexity index is 1820. The Hall–Kier alpha value is -3.50. The minimum atomic E-state index is -1.05. The summed E-state index contributed by atoms with van der Waals surface area (Å²) < 4.78 is 16.7. The van der Waals surface area contributed by atoms with Gasteiger partial charge in [-0.1, -0.05) is 41.9 Å². The van der Waals surface area contributed by atoms with E-state index in [1.54, 1.807) is 6.26 Å². The smallest absolute Gasteiger partial charge is 0.251 e. The highest BCUT2D eigenvalue weighted by Gasteiger charge is 2.27. The van der Waals surface area contributed by atoms with Crippen molar-refractivity contribution in [3.8, 4) is 22.4 Å². The van der Waals surface area contributed by atoms with Crippen LogP contribution in [0.1, 0.15) is 58.4 Å². The van der Waals surface area contributed by atoms with E-state index in [0.717, 1.165) is 73.3 Å². The van der Waals surface area contributed by atoms with Crippen LogP contribution in [0.4, 0.5) is 5.69 Å². The molecule has 1 atom stereocenters. The summed E-state index contributed by atoms with van der Waals surface area (Å²) in [5.41, 5.74) is 10.6. The molecule has 1 saturated heterocycles. The number of benzene rings is 3. The molecule has 10 heteroatoms. The van der Waals surface area contributed by atoms with Crippen LogP contribution in [0.3, 0.4) is 0 Å². The molecule has 1 amide bonds. The van der Waals surface area contributed by atoms with Gasteiger partial charge in [0.25, 0.3) is 5.91 Å². The van der Waals surface area contributed by atoms with Gasteiger partial charge in [0.1, 0.15) is 0 Å². The summed E-state index contributed by atoms with van der Waals surface area (Å²) >= 11 is 6.81. The van der Waals surface area contributed by atoms with Gasteiger partial charge in [-0.25, -0.2) is 8.51 Å². The third-order valence-electron chi connectivity index (χ3n) is 10.1. The minimum Gasteiger partial charge on any atom is -0.383 e. The Morgan fingerprint density at radius 1 is 0.896 bits per heavy atom. The van der Waals surface area contributed by atoms with Crippen LogP contribution in [0.25, 0.3) is 22.4 Å². The van der Waals surface area contributed by atoms with Gasteiger partial charge in [0.05, 0.1) is 16.7 Å². The summed E-state index contributed by atoms with van der Waals surface area (Å²) in [6, 6.07) is 20.1. The van der Waals surface area contributed by atoms with E-state index in [4.69, 9.17) is 16.7 Å². The van der Waals surface area contributed by atoms with Gasteiger partial charge in [0.2, 0.25) is 0 Å². The second-order valence-electron chi connectivity index (χ2n) is 13.2. The van der Waals surface area contributed by atoms with Crippen LogP contribution in [0.2, 0.25) is 5.02 Å². The van der Waals surface area contributed by atoms with E-state index in [9.17, 15) is 9.00 Å². The van der Waals surface area contributed by atoms with Gasteiger partial charge in [-0.15, -0.1) is 0 Å². The van der Waals surface area contributed by atoms with Crippen LogP contribution in [-0.2, 0) is 43.3 Å². The van der Waals surface area contributed by atoms with Crippen molar-refractivity contribution < 1.29 is 9.00 Å². The molecule has 4 aromatic rings. The number of carbonyl (C=O) groups excluding carboxylic acids is 1. The first kappa shape index (κ1) is 33.0. The summed E-state index contributed by atoms with van der Waals surface area (Å²) in [7, 11) is -1.05.